The third-order valence-corrected chi connectivity index (χ3v) is 4.14. The minimum absolute atomic E-state index is 0.0533. The van der Waals surface area contributed by atoms with Crippen molar-refractivity contribution in [1.29, 1.82) is 0 Å². The van der Waals surface area contributed by atoms with Gasteiger partial charge in [-0.25, -0.2) is 4.39 Å². The number of amides is 1. The van der Waals surface area contributed by atoms with Gasteiger partial charge in [-0.15, -0.1) is 11.8 Å². The second kappa shape index (κ2) is 7.50. The van der Waals surface area contributed by atoms with Gasteiger partial charge < -0.3 is 10.6 Å². The Labute approximate surface area is 117 Å². The van der Waals surface area contributed by atoms with E-state index in [9.17, 15) is 9.18 Å². The summed E-state index contributed by atoms with van der Waals surface area (Å²) in [6.07, 6.45) is 2.57. The summed E-state index contributed by atoms with van der Waals surface area (Å²) in [5.74, 6) is 0.439. The number of carbonyl (C=O) groups is 1. The van der Waals surface area contributed by atoms with Crippen LogP contribution in [0.4, 0.5) is 4.39 Å². The summed E-state index contributed by atoms with van der Waals surface area (Å²) in [6.45, 7) is 1.89. The van der Waals surface area contributed by atoms with Crippen LogP contribution in [0.1, 0.15) is 19.3 Å². The fraction of sp³-hybridized carbons (Fsp3) is 0.500. The second-order valence-electron chi connectivity index (χ2n) is 4.64. The van der Waals surface area contributed by atoms with Crippen molar-refractivity contribution < 1.29 is 9.18 Å². The lowest BCUT2D eigenvalue weighted by Crippen LogP contribution is -2.45. The largest absolute Gasteiger partial charge is 0.352 e. The quantitative estimate of drug-likeness (QED) is 0.813. The Hall–Kier alpha value is -1.07. The fourth-order valence-electron chi connectivity index (χ4n) is 2.09. The topological polar surface area (TPSA) is 41.1 Å². The van der Waals surface area contributed by atoms with Crippen LogP contribution in [0.15, 0.2) is 29.2 Å². The van der Waals surface area contributed by atoms with Crippen molar-refractivity contribution in [2.75, 3.05) is 18.8 Å². The van der Waals surface area contributed by atoms with Gasteiger partial charge in [0.15, 0.2) is 0 Å². The van der Waals surface area contributed by atoms with Crippen LogP contribution in [0, 0.1) is 5.82 Å². The average molecular weight is 282 g/mol. The van der Waals surface area contributed by atoms with E-state index in [4.69, 9.17) is 0 Å². The number of hydrogen-bond acceptors (Lipinski definition) is 3. The molecular weight excluding hydrogens is 263 g/mol. The maximum absolute atomic E-state index is 13.4. The van der Waals surface area contributed by atoms with Gasteiger partial charge in [-0.05, 0) is 31.5 Å². The van der Waals surface area contributed by atoms with Gasteiger partial charge in [0.2, 0.25) is 5.91 Å². The summed E-state index contributed by atoms with van der Waals surface area (Å²) in [5.41, 5.74) is 0. The molecule has 1 fully saturated rings. The molecule has 1 atom stereocenters. The molecule has 0 bridgehead atoms. The van der Waals surface area contributed by atoms with Crippen LogP contribution in [0.25, 0.3) is 0 Å². The second-order valence-corrected chi connectivity index (χ2v) is 5.78. The van der Waals surface area contributed by atoms with E-state index in [2.05, 4.69) is 10.6 Å². The first kappa shape index (κ1) is 14.3. The molecule has 2 N–H and O–H groups in total. The first-order chi connectivity index (χ1) is 9.25. The van der Waals surface area contributed by atoms with Crippen LogP contribution < -0.4 is 10.6 Å². The Bertz CT molecular complexity index is 422. The molecule has 0 aromatic heterocycles. The lowest BCUT2D eigenvalue weighted by Gasteiger charge is -2.23. The summed E-state index contributed by atoms with van der Waals surface area (Å²) in [4.78, 5) is 12.3. The lowest BCUT2D eigenvalue weighted by molar-refractivity contribution is -0.121. The first-order valence-corrected chi connectivity index (χ1v) is 7.61. The van der Waals surface area contributed by atoms with Crippen molar-refractivity contribution in [2.24, 2.45) is 0 Å². The van der Waals surface area contributed by atoms with E-state index in [0.29, 0.717) is 17.1 Å². The van der Waals surface area contributed by atoms with Gasteiger partial charge in [0.25, 0.3) is 0 Å². The van der Waals surface area contributed by atoms with Crippen LogP contribution in [0.3, 0.4) is 0 Å². The number of carbonyl (C=O) groups excluding carboxylic acids is 1. The number of piperidine rings is 1. The predicted molar refractivity (Wildman–Crippen MR) is 75.8 cm³/mol. The maximum Gasteiger partial charge on any atom is 0.221 e. The first-order valence-electron chi connectivity index (χ1n) is 6.63. The summed E-state index contributed by atoms with van der Waals surface area (Å²) in [7, 11) is 0. The van der Waals surface area contributed by atoms with E-state index >= 15 is 0 Å². The minimum atomic E-state index is -0.218. The molecule has 1 aliphatic heterocycles. The van der Waals surface area contributed by atoms with Gasteiger partial charge >= 0.3 is 0 Å². The third-order valence-electron chi connectivity index (χ3n) is 3.09. The zero-order valence-corrected chi connectivity index (χ0v) is 11.6. The fourth-order valence-corrected chi connectivity index (χ4v) is 2.98. The summed E-state index contributed by atoms with van der Waals surface area (Å²) < 4.78 is 13.4. The van der Waals surface area contributed by atoms with Crippen molar-refractivity contribution in [1.82, 2.24) is 10.6 Å². The van der Waals surface area contributed by atoms with E-state index in [-0.39, 0.29) is 17.8 Å². The summed E-state index contributed by atoms with van der Waals surface area (Å²) in [5, 5.41) is 6.27. The Morgan fingerprint density at radius 3 is 3.05 bits per heavy atom. The molecule has 0 saturated carbocycles. The Balaban J connectivity index is 1.67. The Morgan fingerprint density at radius 1 is 1.47 bits per heavy atom. The van der Waals surface area contributed by atoms with Gasteiger partial charge in [-0.1, -0.05) is 12.1 Å². The molecule has 104 valence electrons. The van der Waals surface area contributed by atoms with E-state index in [0.717, 1.165) is 25.9 Å². The highest BCUT2D eigenvalue weighted by atomic mass is 32.2. The minimum Gasteiger partial charge on any atom is -0.352 e. The number of hydrogen-bond donors (Lipinski definition) is 2. The highest BCUT2D eigenvalue weighted by Crippen LogP contribution is 2.21. The van der Waals surface area contributed by atoms with Gasteiger partial charge in [-0.3, -0.25) is 4.79 Å². The normalized spacial score (nSPS) is 19.1. The predicted octanol–water partition coefficient (Wildman–Crippen LogP) is 2.18. The van der Waals surface area contributed by atoms with Crippen molar-refractivity contribution >= 4 is 17.7 Å². The average Bonchev–Trinajstić information content (AvgIpc) is 2.42. The molecule has 19 heavy (non-hydrogen) atoms. The van der Waals surface area contributed by atoms with E-state index in [1.54, 1.807) is 18.2 Å². The molecule has 0 aliphatic carbocycles. The summed E-state index contributed by atoms with van der Waals surface area (Å²) >= 11 is 1.39. The maximum atomic E-state index is 13.4. The number of benzene rings is 1. The van der Waals surface area contributed by atoms with Crippen LogP contribution in [0.5, 0.6) is 0 Å². The number of nitrogens with one attached hydrogen (secondary N) is 2. The third kappa shape index (κ3) is 4.84. The molecular formula is C14H19FN2OS. The zero-order valence-electron chi connectivity index (χ0n) is 10.8. The Morgan fingerprint density at radius 2 is 2.32 bits per heavy atom. The summed E-state index contributed by atoms with van der Waals surface area (Å²) in [6, 6.07) is 6.90. The number of rotatable bonds is 5. The van der Waals surface area contributed by atoms with Crippen molar-refractivity contribution in [3.8, 4) is 0 Å². The van der Waals surface area contributed by atoms with Crippen molar-refractivity contribution in [3.05, 3.63) is 30.1 Å². The molecule has 1 heterocycles. The smallest absolute Gasteiger partial charge is 0.221 e. The Kier molecular flexibility index (Phi) is 5.66. The van der Waals surface area contributed by atoms with Crippen LogP contribution >= 0.6 is 11.8 Å². The van der Waals surface area contributed by atoms with Crippen molar-refractivity contribution in [2.45, 2.75) is 30.2 Å². The molecule has 1 aromatic carbocycles. The molecule has 5 heteroatoms. The molecule has 3 nitrogen and oxygen atoms in total. The molecule has 0 radical (unpaired) electrons. The molecule has 1 saturated heterocycles. The molecule has 1 aromatic rings. The van der Waals surface area contributed by atoms with Gasteiger partial charge in [-0.2, -0.15) is 0 Å². The monoisotopic (exact) mass is 282 g/mol. The van der Waals surface area contributed by atoms with Crippen LogP contribution in [0.2, 0.25) is 0 Å². The van der Waals surface area contributed by atoms with E-state index in [1.807, 2.05) is 0 Å². The zero-order chi connectivity index (χ0) is 13.5. The van der Waals surface area contributed by atoms with E-state index in [1.165, 1.54) is 17.8 Å². The molecule has 2 rings (SSSR count). The number of halogens is 1. The van der Waals surface area contributed by atoms with Crippen LogP contribution in [-0.2, 0) is 4.79 Å². The standard InChI is InChI=1S/C14H19FN2OS/c15-12-5-1-2-6-13(12)19-9-7-14(18)17-11-4-3-8-16-10-11/h1-2,5-6,11,16H,3-4,7-10H2,(H,17,18)/t11-/m0/s1. The molecule has 1 aliphatic rings. The highest BCUT2D eigenvalue weighted by molar-refractivity contribution is 7.99. The lowest BCUT2D eigenvalue weighted by atomic mass is 10.1. The molecule has 0 spiro atoms. The van der Waals surface area contributed by atoms with Gasteiger partial charge in [0, 0.05) is 29.7 Å². The van der Waals surface area contributed by atoms with Gasteiger partial charge in [0.05, 0.1) is 0 Å². The molecule has 1 amide bonds. The van der Waals surface area contributed by atoms with E-state index < -0.39 is 0 Å². The van der Waals surface area contributed by atoms with Gasteiger partial charge in [0.1, 0.15) is 5.82 Å². The number of thioether (sulfide) groups is 1. The van der Waals surface area contributed by atoms with Crippen LogP contribution in [-0.4, -0.2) is 30.8 Å². The molecule has 0 unspecified atom stereocenters. The highest BCUT2D eigenvalue weighted by Gasteiger charge is 2.15. The SMILES string of the molecule is O=C(CCSc1ccccc1F)N[C@H]1CCCNC1. The van der Waals surface area contributed by atoms with Crippen molar-refractivity contribution in [3.63, 3.8) is 0 Å².